The van der Waals surface area contributed by atoms with Crippen LogP contribution in [0.4, 0.5) is 3.50 Å². The van der Waals surface area contributed by atoms with Crippen LogP contribution in [0.15, 0.2) is 16.6 Å². The Morgan fingerprint density at radius 2 is 1.42 bits per heavy atom. The molecule has 114 valence electrons. The molecule has 0 saturated heterocycles. The fraction of sp³-hybridized carbons (Fsp3) is 0.692. The average Bonchev–Trinajstić information content (AvgIpc) is 2.72. The maximum absolute atomic E-state index is 13.1. The van der Waals surface area contributed by atoms with Gasteiger partial charge in [-0.1, -0.05) is 0 Å². The van der Waals surface area contributed by atoms with Crippen LogP contribution >= 0.6 is 0 Å². The fourth-order valence-electron chi connectivity index (χ4n) is 0.813. The molecule has 0 amide bonds. The Bertz CT molecular complexity index is 212. The molecular formula is C13H28FGeO3Zr-. The topological polar surface area (TPSA) is 60.7 Å². The van der Waals surface area contributed by atoms with Crippen molar-refractivity contribution in [3.63, 3.8) is 0 Å². The first-order valence-corrected chi connectivity index (χ1v) is 12.2. The van der Waals surface area contributed by atoms with Gasteiger partial charge < -0.3 is 15.3 Å². The van der Waals surface area contributed by atoms with Crippen LogP contribution in [0.25, 0.3) is 0 Å². The van der Waals surface area contributed by atoms with Crippen LogP contribution in [0.5, 0.6) is 0 Å². The van der Waals surface area contributed by atoms with Gasteiger partial charge in [-0.05, 0) is 20.8 Å². The summed E-state index contributed by atoms with van der Waals surface area (Å²) in [7, 11) is 0. The van der Waals surface area contributed by atoms with Gasteiger partial charge in [-0.25, -0.2) is 0 Å². The SMILES string of the molecule is CCO.CCO.CCO.[CH3][Ge]([CH3])([F])[C]1=[C-]CC=C1.[Zr]. The minimum Gasteiger partial charge on any atom is 0 e. The summed E-state index contributed by atoms with van der Waals surface area (Å²) >= 11 is -2.96. The van der Waals surface area contributed by atoms with Crippen molar-refractivity contribution in [3.8, 4) is 0 Å². The van der Waals surface area contributed by atoms with Gasteiger partial charge in [0, 0.05) is 46.0 Å². The molecule has 0 unspecified atom stereocenters. The summed E-state index contributed by atoms with van der Waals surface area (Å²) in [6, 6.07) is 0. The number of hydrogen-bond donors (Lipinski definition) is 3. The number of halogens is 1. The molecule has 1 aliphatic carbocycles. The zero-order valence-electron chi connectivity index (χ0n) is 12.7. The fourth-order valence-corrected chi connectivity index (χ4v) is 2.99. The Balaban J connectivity index is -0.0000000956. The van der Waals surface area contributed by atoms with Crippen molar-refractivity contribution in [2.24, 2.45) is 0 Å². The van der Waals surface area contributed by atoms with Crippen molar-refractivity contribution in [2.75, 3.05) is 19.8 Å². The number of allylic oxidation sites excluding steroid dienone is 4. The van der Waals surface area contributed by atoms with Crippen LogP contribution in [0.2, 0.25) is 11.5 Å². The number of aliphatic hydroxyl groups is 3. The van der Waals surface area contributed by atoms with E-state index in [1.54, 1.807) is 32.3 Å². The summed E-state index contributed by atoms with van der Waals surface area (Å²) in [6.07, 6.45) is 7.66. The Morgan fingerprint density at radius 1 is 1.11 bits per heavy atom. The average molecular weight is 415 g/mol. The summed E-state index contributed by atoms with van der Waals surface area (Å²) in [5.41, 5.74) is 0. The molecule has 6 heteroatoms. The van der Waals surface area contributed by atoms with Crippen molar-refractivity contribution < 1.29 is 45.0 Å². The van der Waals surface area contributed by atoms with Gasteiger partial charge in [0.2, 0.25) is 0 Å². The first kappa shape index (κ1) is 28.0. The summed E-state index contributed by atoms with van der Waals surface area (Å²) in [5, 5.41) is 22.7. The second-order valence-electron chi connectivity index (χ2n) is 3.62. The van der Waals surface area contributed by atoms with Crippen LogP contribution in [-0.4, -0.2) is 48.9 Å². The second kappa shape index (κ2) is 21.0. The van der Waals surface area contributed by atoms with E-state index in [0.717, 1.165) is 10.8 Å². The second-order valence-corrected chi connectivity index (χ2v) is 10.9. The van der Waals surface area contributed by atoms with Gasteiger partial charge in [-0.2, -0.15) is 0 Å². The summed E-state index contributed by atoms with van der Waals surface area (Å²) < 4.78 is 14.0. The molecule has 0 spiro atoms. The van der Waals surface area contributed by atoms with Gasteiger partial charge in [-0.15, -0.1) is 0 Å². The summed E-state index contributed by atoms with van der Waals surface area (Å²) in [5.74, 6) is 3.47. The number of rotatable bonds is 1. The van der Waals surface area contributed by atoms with Gasteiger partial charge in [0.15, 0.2) is 0 Å². The Hall–Kier alpha value is 0.716. The predicted molar refractivity (Wildman–Crippen MR) is 77.4 cm³/mol. The molecule has 0 heterocycles. The van der Waals surface area contributed by atoms with Crippen LogP contribution in [0.1, 0.15) is 27.2 Å². The number of hydrogen-bond acceptors (Lipinski definition) is 3. The van der Waals surface area contributed by atoms with E-state index >= 15 is 0 Å². The molecule has 0 saturated carbocycles. The minimum atomic E-state index is -2.96. The molecule has 0 radical (unpaired) electrons. The normalized spacial score (nSPS) is 11.5. The molecule has 0 aromatic rings. The molecule has 3 nitrogen and oxygen atoms in total. The van der Waals surface area contributed by atoms with Crippen molar-refractivity contribution in [2.45, 2.75) is 38.7 Å². The molecule has 0 aromatic carbocycles. The molecule has 0 aliphatic heterocycles. The summed E-state index contributed by atoms with van der Waals surface area (Å²) in [6.45, 7) is 5.79. The van der Waals surface area contributed by atoms with Crippen molar-refractivity contribution in [1.29, 1.82) is 0 Å². The third kappa shape index (κ3) is 27.8. The molecule has 0 fully saturated rings. The van der Waals surface area contributed by atoms with E-state index in [2.05, 4.69) is 6.08 Å². The van der Waals surface area contributed by atoms with Gasteiger partial charge in [0.1, 0.15) is 0 Å². The van der Waals surface area contributed by atoms with E-state index in [-0.39, 0.29) is 46.0 Å². The van der Waals surface area contributed by atoms with E-state index < -0.39 is 13.7 Å². The maximum atomic E-state index is 13.1. The van der Waals surface area contributed by atoms with E-state index in [1.165, 1.54) is 0 Å². The van der Waals surface area contributed by atoms with Crippen molar-refractivity contribution in [3.05, 3.63) is 22.6 Å². The van der Waals surface area contributed by atoms with Crippen LogP contribution in [-0.2, 0) is 26.2 Å². The van der Waals surface area contributed by atoms with E-state index in [1.807, 2.05) is 12.2 Å². The van der Waals surface area contributed by atoms with Gasteiger partial charge >= 0.3 is 57.8 Å². The van der Waals surface area contributed by atoms with Crippen LogP contribution < -0.4 is 0 Å². The first-order valence-electron chi connectivity index (χ1n) is 6.14. The van der Waals surface area contributed by atoms with Crippen LogP contribution in [0, 0.1) is 6.08 Å². The molecule has 1 aliphatic rings. The van der Waals surface area contributed by atoms with Gasteiger partial charge in [-0.3, -0.25) is 0 Å². The first-order chi connectivity index (χ1) is 8.35. The zero-order chi connectivity index (χ0) is 15.0. The summed E-state index contributed by atoms with van der Waals surface area (Å²) in [4.78, 5) is 0. The van der Waals surface area contributed by atoms with Crippen molar-refractivity contribution in [1.82, 2.24) is 0 Å². The third-order valence-electron chi connectivity index (χ3n) is 1.34. The van der Waals surface area contributed by atoms with Crippen molar-refractivity contribution >= 4 is 13.7 Å². The quantitative estimate of drug-likeness (QED) is 0.456. The largest absolute Gasteiger partial charge is 0 e. The Labute approximate surface area is 139 Å². The van der Waals surface area contributed by atoms with Gasteiger partial charge in [0.25, 0.3) is 0 Å². The minimum absolute atomic E-state index is 0. The molecular weight excluding hydrogens is 387 g/mol. The van der Waals surface area contributed by atoms with Gasteiger partial charge in [0.05, 0.1) is 0 Å². The molecule has 0 aromatic heterocycles. The van der Waals surface area contributed by atoms with E-state index in [0.29, 0.717) is 0 Å². The molecule has 1 rings (SSSR count). The van der Waals surface area contributed by atoms with E-state index in [9.17, 15) is 3.50 Å². The van der Waals surface area contributed by atoms with Crippen LogP contribution in [0.3, 0.4) is 0 Å². The molecule has 3 N–H and O–H groups in total. The Kier molecular flexibility index (Phi) is 30.9. The third-order valence-corrected chi connectivity index (χ3v) is 4.74. The number of aliphatic hydroxyl groups excluding tert-OH is 3. The monoisotopic (exact) mass is 415 g/mol. The predicted octanol–water partition coefficient (Wildman–Crippen LogP) is 2.38. The maximum Gasteiger partial charge on any atom is 0 e. The standard InChI is InChI=1S/C7H10FGe.3C2H6O.Zr/c1-9(2,8)7-5-3-4-6-7;3*1-2-3;/h3,5H,4H2,1-2H3;3*3H,2H2,1H3;/q-1;;;;. The zero-order valence-corrected chi connectivity index (χ0v) is 17.3. The Morgan fingerprint density at radius 3 is 1.53 bits per heavy atom. The molecule has 0 atom stereocenters. The van der Waals surface area contributed by atoms with E-state index in [4.69, 9.17) is 15.3 Å². The smallest absolute Gasteiger partial charge is 0 e. The molecule has 19 heavy (non-hydrogen) atoms. The molecule has 0 bridgehead atoms.